The van der Waals surface area contributed by atoms with Gasteiger partial charge in [-0.1, -0.05) is 6.58 Å². The van der Waals surface area contributed by atoms with Crippen molar-refractivity contribution in [2.75, 3.05) is 45.7 Å². The van der Waals surface area contributed by atoms with Gasteiger partial charge in [-0.15, -0.1) is 0 Å². The number of carbonyl (C=O) groups is 1. The summed E-state index contributed by atoms with van der Waals surface area (Å²) in [5, 5.41) is 5.89. The number of fused-ring (bicyclic) bond motifs is 1. The fraction of sp³-hybridized carbons (Fsp3) is 0.647. The number of unbranched alkanes of at least 4 members (excludes halogenated alkanes) is 1. The van der Waals surface area contributed by atoms with Crippen LogP contribution in [0.15, 0.2) is 27.1 Å². The minimum absolute atomic E-state index is 0.0781. The summed E-state index contributed by atoms with van der Waals surface area (Å²) in [6.07, 6.45) is 3.88. The van der Waals surface area contributed by atoms with Crippen molar-refractivity contribution in [1.82, 2.24) is 15.3 Å². The zero-order chi connectivity index (χ0) is 22.0. The molecule has 0 fully saturated rings. The highest BCUT2D eigenvalue weighted by molar-refractivity contribution is 7.55. The average Bonchev–Trinajstić information content (AvgIpc) is 3.06. The largest absolute Gasteiger partial charge is 0.368 e. The number of nitrogens with two attached hydrogens (primary N) is 2. The van der Waals surface area contributed by atoms with E-state index in [2.05, 4.69) is 32.0 Å². The summed E-state index contributed by atoms with van der Waals surface area (Å²) >= 11 is 0. The van der Waals surface area contributed by atoms with E-state index in [1.807, 2.05) is 0 Å². The van der Waals surface area contributed by atoms with Crippen molar-refractivity contribution in [3.05, 3.63) is 12.2 Å². The Hall–Kier alpha value is -1.95. The van der Waals surface area contributed by atoms with Crippen molar-refractivity contribution in [3.63, 3.8) is 0 Å². The monoisotopic (exact) mass is 442 g/mol. The molecule has 1 amide bonds. The fourth-order valence-corrected chi connectivity index (χ4v) is 3.74. The maximum absolute atomic E-state index is 12.1. The van der Waals surface area contributed by atoms with Gasteiger partial charge in [0, 0.05) is 13.1 Å². The van der Waals surface area contributed by atoms with E-state index in [4.69, 9.17) is 16.2 Å². The number of rotatable bonds is 15. The summed E-state index contributed by atoms with van der Waals surface area (Å²) < 4.78 is 17.5. The molecule has 0 bridgehead atoms. The molecule has 168 valence electrons. The van der Waals surface area contributed by atoms with Crippen LogP contribution in [0, 0.1) is 0 Å². The van der Waals surface area contributed by atoms with Crippen LogP contribution in [0.3, 0.4) is 0 Å². The molecule has 13 heteroatoms. The number of ether oxygens (including phenoxy) is 1. The second-order valence-corrected chi connectivity index (χ2v) is 8.99. The Morgan fingerprint density at radius 2 is 2.07 bits per heavy atom. The number of hydrogen-bond acceptors (Lipinski definition) is 9. The van der Waals surface area contributed by atoms with Crippen LogP contribution in [0.5, 0.6) is 0 Å². The first-order chi connectivity index (χ1) is 14.3. The summed E-state index contributed by atoms with van der Waals surface area (Å²) in [5.41, 5.74) is 11.6. The van der Waals surface area contributed by atoms with Gasteiger partial charge in [-0.2, -0.15) is 9.98 Å². The van der Waals surface area contributed by atoms with E-state index in [-0.39, 0.29) is 18.9 Å². The second-order valence-electron chi connectivity index (χ2n) is 7.01. The average molecular weight is 442 g/mol. The molecule has 2 heterocycles. The van der Waals surface area contributed by atoms with Crippen LogP contribution < -0.4 is 21.9 Å². The molecule has 2 aliphatic heterocycles. The first kappa shape index (κ1) is 24.3. The van der Waals surface area contributed by atoms with Crippen LogP contribution in [0.4, 0.5) is 0 Å². The Bertz CT molecular complexity index is 754. The lowest BCUT2D eigenvalue weighted by Gasteiger charge is -2.21. The standard InChI is InChI=1S/C17H31N8O4P/c1-13(9-25-11-21-14-15(25)23-17(19)24-16(14)26)10-29-12-30(27,28)22-8-4-7-20-6-3-2-5-18/h11,14,20H,1-10,12,18H2,(H2,19,24,26)(H2,22,27,28). The highest BCUT2D eigenvalue weighted by Gasteiger charge is 2.35. The zero-order valence-electron chi connectivity index (χ0n) is 17.0. The molecule has 2 rings (SSSR count). The van der Waals surface area contributed by atoms with Crippen molar-refractivity contribution >= 4 is 31.6 Å². The molecular formula is C17H31N8O4P. The minimum atomic E-state index is -3.59. The minimum Gasteiger partial charge on any atom is -0.368 e. The second kappa shape index (κ2) is 12.0. The highest BCUT2D eigenvalue weighted by atomic mass is 31.2. The van der Waals surface area contributed by atoms with Crippen LogP contribution in [0.25, 0.3) is 0 Å². The molecule has 2 unspecified atom stereocenters. The molecule has 7 N–H and O–H groups in total. The van der Waals surface area contributed by atoms with Crippen LogP contribution in [0.1, 0.15) is 19.3 Å². The van der Waals surface area contributed by atoms with E-state index in [0.29, 0.717) is 31.0 Å². The topological polar surface area (TPSA) is 180 Å². The summed E-state index contributed by atoms with van der Waals surface area (Å²) in [4.78, 5) is 35.0. The molecule has 0 aliphatic carbocycles. The number of guanidine groups is 1. The Kier molecular flexibility index (Phi) is 9.76. The number of nitrogens with zero attached hydrogens (tertiary/aromatic N) is 4. The lowest BCUT2D eigenvalue weighted by molar-refractivity contribution is -0.117. The molecular weight excluding hydrogens is 411 g/mol. The molecule has 0 radical (unpaired) electrons. The van der Waals surface area contributed by atoms with Gasteiger partial charge in [0.15, 0.2) is 6.04 Å². The Labute approximate surface area is 176 Å². The van der Waals surface area contributed by atoms with Gasteiger partial charge in [0.1, 0.15) is 12.2 Å². The lowest BCUT2D eigenvalue weighted by Crippen LogP contribution is -2.40. The first-order valence-corrected chi connectivity index (χ1v) is 11.7. The third-order valence-electron chi connectivity index (χ3n) is 4.25. The van der Waals surface area contributed by atoms with Gasteiger partial charge in [0.25, 0.3) is 13.4 Å². The van der Waals surface area contributed by atoms with Crippen LogP contribution >= 0.6 is 7.52 Å². The quantitative estimate of drug-likeness (QED) is 0.120. The van der Waals surface area contributed by atoms with Gasteiger partial charge in [-0.3, -0.25) is 14.4 Å². The highest BCUT2D eigenvalue weighted by Crippen LogP contribution is 2.34. The molecule has 0 aromatic carbocycles. The van der Waals surface area contributed by atoms with Gasteiger partial charge in [0.05, 0.1) is 12.9 Å². The Morgan fingerprint density at radius 3 is 2.83 bits per heavy atom. The first-order valence-electron chi connectivity index (χ1n) is 9.81. The third kappa shape index (κ3) is 8.05. The number of amides is 1. The maximum atomic E-state index is 12.1. The van der Waals surface area contributed by atoms with Gasteiger partial charge in [-0.25, -0.2) is 5.09 Å². The van der Waals surface area contributed by atoms with E-state index in [9.17, 15) is 14.3 Å². The third-order valence-corrected chi connectivity index (χ3v) is 5.50. The maximum Gasteiger partial charge on any atom is 0.292 e. The zero-order valence-corrected chi connectivity index (χ0v) is 17.9. The number of hydrogen-bond donors (Lipinski definition) is 5. The molecule has 30 heavy (non-hydrogen) atoms. The van der Waals surface area contributed by atoms with Crippen molar-refractivity contribution in [3.8, 4) is 0 Å². The van der Waals surface area contributed by atoms with Crippen molar-refractivity contribution in [1.29, 1.82) is 0 Å². The molecule has 0 aromatic heterocycles. The van der Waals surface area contributed by atoms with Gasteiger partial charge >= 0.3 is 0 Å². The predicted octanol–water partition coefficient (Wildman–Crippen LogP) is -1.02. The Morgan fingerprint density at radius 1 is 1.30 bits per heavy atom. The normalized spacial score (nSPS) is 20.0. The van der Waals surface area contributed by atoms with Crippen molar-refractivity contribution < 1.29 is 19.0 Å². The molecule has 12 nitrogen and oxygen atoms in total. The van der Waals surface area contributed by atoms with Gasteiger partial charge in [-0.05, 0) is 44.5 Å². The molecule has 0 aromatic rings. The van der Waals surface area contributed by atoms with E-state index in [1.165, 1.54) is 6.34 Å². The predicted molar refractivity (Wildman–Crippen MR) is 117 cm³/mol. The van der Waals surface area contributed by atoms with Crippen LogP contribution in [-0.4, -0.2) is 85.6 Å². The number of amidine groups is 1. The van der Waals surface area contributed by atoms with Crippen LogP contribution in [-0.2, 0) is 14.1 Å². The fourth-order valence-electron chi connectivity index (χ4n) is 2.80. The van der Waals surface area contributed by atoms with Gasteiger partial charge in [0.2, 0.25) is 5.96 Å². The number of aliphatic imine (C=N–C) groups is 3. The summed E-state index contributed by atoms with van der Waals surface area (Å²) in [6, 6.07) is -0.775. The molecule has 0 spiro atoms. The molecule has 2 atom stereocenters. The van der Waals surface area contributed by atoms with Gasteiger partial charge < -0.3 is 31.3 Å². The van der Waals surface area contributed by atoms with E-state index in [1.54, 1.807) is 4.90 Å². The van der Waals surface area contributed by atoms with Crippen LogP contribution in [0.2, 0.25) is 0 Å². The summed E-state index contributed by atoms with van der Waals surface area (Å²) in [6.45, 7) is 7.01. The molecule has 0 saturated heterocycles. The summed E-state index contributed by atoms with van der Waals surface area (Å²) in [7, 11) is -3.59. The van der Waals surface area contributed by atoms with E-state index in [0.717, 1.165) is 32.4 Å². The van der Waals surface area contributed by atoms with E-state index < -0.39 is 19.5 Å². The lowest BCUT2D eigenvalue weighted by atomic mass is 10.2. The summed E-state index contributed by atoms with van der Waals surface area (Å²) in [5.74, 6) is -0.183. The number of nitrogens with one attached hydrogen (secondary N) is 2. The smallest absolute Gasteiger partial charge is 0.292 e. The SMILES string of the molecule is C=C(COCP(=O)(O)NCCCNCCCCN)CN1C=NC2C(=O)N=C(N)N=C21. The van der Waals surface area contributed by atoms with E-state index >= 15 is 0 Å². The molecule has 2 aliphatic rings. The number of carbonyl (C=O) groups excluding carboxylic acids is 1. The Balaban J connectivity index is 1.61. The van der Waals surface area contributed by atoms with Crippen molar-refractivity contribution in [2.45, 2.75) is 25.3 Å². The molecule has 0 saturated carbocycles. The van der Waals surface area contributed by atoms with Crippen molar-refractivity contribution in [2.24, 2.45) is 26.4 Å².